The molecule has 8 aromatic rings. The van der Waals surface area contributed by atoms with Crippen molar-refractivity contribution in [1.29, 1.82) is 0 Å². The summed E-state index contributed by atoms with van der Waals surface area (Å²) >= 11 is -0.386. The molecule has 0 aliphatic heterocycles. The Morgan fingerprint density at radius 1 is 0.413 bits per heavy atom. The van der Waals surface area contributed by atoms with Gasteiger partial charge in [0.15, 0.2) is 0 Å². The molecule has 0 radical (unpaired) electrons. The van der Waals surface area contributed by atoms with E-state index >= 15 is 0 Å². The molecule has 0 amide bonds. The fourth-order valence-corrected chi connectivity index (χ4v) is 10.2. The zero-order valence-corrected chi connectivity index (χ0v) is 27.9. The van der Waals surface area contributed by atoms with Gasteiger partial charge in [-0.1, -0.05) is 44.2 Å². The van der Waals surface area contributed by atoms with Gasteiger partial charge in [0.2, 0.25) is 0 Å². The molecule has 2 heterocycles. The quantitative estimate of drug-likeness (QED) is 0.171. The molecule has 0 atom stereocenters. The molecule has 4 heteroatoms. The first-order valence-corrected chi connectivity index (χ1v) is 17.9. The Kier molecular flexibility index (Phi) is 6.32. The molecule has 1 aliphatic rings. The van der Waals surface area contributed by atoms with Gasteiger partial charge < -0.3 is 0 Å². The number of aromatic nitrogens is 3. The average Bonchev–Trinajstić information content (AvgIpc) is 3.60. The molecule has 0 saturated heterocycles. The molecule has 2 aromatic heterocycles. The minimum atomic E-state index is -0.386. The van der Waals surface area contributed by atoms with Crippen LogP contribution in [0, 0.1) is 0 Å². The third-order valence-electron chi connectivity index (χ3n) is 9.34. The molecule has 6 aromatic carbocycles. The summed E-state index contributed by atoms with van der Waals surface area (Å²) in [7, 11) is 0. The van der Waals surface area contributed by atoms with E-state index in [9.17, 15) is 0 Å². The molecule has 0 spiro atoms. The van der Waals surface area contributed by atoms with Crippen molar-refractivity contribution in [3.63, 3.8) is 0 Å². The summed E-state index contributed by atoms with van der Waals surface area (Å²) in [6, 6.07) is 50.1. The monoisotopic (exact) mass is 705 g/mol. The van der Waals surface area contributed by atoms with Gasteiger partial charge in [-0.15, -0.1) is 0 Å². The number of benzene rings is 6. The van der Waals surface area contributed by atoms with Gasteiger partial charge >= 0.3 is 213 Å². The molecule has 9 rings (SSSR count). The molecule has 218 valence electrons. The van der Waals surface area contributed by atoms with Gasteiger partial charge in [0.25, 0.3) is 0 Å². The summed E-state index contributed by atoms with van der Waals surface area (Å²) < 4.78 is 3.03. The summed E-state index contributed by atoms with van der Waals surface area (Å²) in [4.78, 5) is 15.2. The normalized spacial score (nSPS) is 13.2. The zero-order valence-electron chi connectivity index (χ0n) is 25.5. The summed E-state index contributed by atoms with van der Waals surface area (Å²) in [6.45, 7) is 4.61. The second-order valence-corrected chi connectivity index (χ2v) is 15.6. The zero-order chi connectivity index (χ0) is 30.8. The van der Waals surface area contributed by atoms with Crippen molar-refractivity contribution in [2.45, 2.75) is 19.3 Å². The summed E-state index contributed by atoms with van der Waals surface area (Å²) in [5.41, 5.74) is 10.5. The van der Waals surface area contributed by atoms with Crippen LogP contribution in [0.1, 0.15) is 25.0 Å². The SMILES string of the molecule is CC1(C)c2ccccc2-c2ccc(-c3nc(-c4ccccc4)nc(-c4cccc(-c5ccc6c(c5)[te]c5ccccc56)c4)n3)cc21. The van der Waals surface area contributed by atoms with Crippen molar-refractivity contribution in [3.05, 3.63) is 151 Å². The Bertz CT molecular complexity index is 2460. The van der Waals surface area contributed by atoms with Gasteiger partial charge in [-0.3, -0.25) is 0 Å². The van der Waals surface area contributed by atoms with E-state index < -0.39 is 0 Å². The molecular weight excluding hydrogens is 674 g/mol. The Labute approximate surface area is 277 Å². The Hall–Kier alpha value is -4.88. The third kappa shape index (κ3) is 4.44. The third-order valence-corrected chi connectivity index (χ3v) is 12.6. The first-order valence-electron chi connectivity index (χ1n) is 15.6. The Balaban J connectivity index is 1.17. The van der Waals surface area contributed by atoms with Gasteiger partial charge in [-0.25, -0.2) is 0 Å². The maximum absolute atomic E-state index is 5.13. The molecular formula is C42H29N3Te. The van der Waals surface area contributed by atoms with E-state index in [2.05, 4.69) is 135 Å². The number of hydrogen-bond acceptors (Lipinski definition) is 3. The van der Waals surface area contributed by atoms with E-state index in [1.165, 1.54) is 51.0 Å². The van der Waals surface area contributed by atoms with Crippen LogP contribution in [-0.2, 0) is 5.41 Å². The van der Waals surface area contributed by atoms with Crippen LogP contribution in [0.2, 0.25) is 0 Å². The van der Waals surface area contributed by atoms with Crippen molar-refractivity contribution >= 4 is 38.0 Å². The summed E-state index contributed by atoms with van der Waals surface area (Å²) in [5, 5.41) is 2.80. The minimum absolute atomic E-state index is 0.103. The van der Waals surface area contributed by atoms with E-state index in [1.807, 2.05) is 18.2 Å². The molecule has 46 heavy (non-hydrogen) atoms. The first kappa shape index (κ1) is 27.4. The molecule has 0 unspecified atom stereocenters. The van der Waals surface area contributed by atoms with Crippen LogP contribution >= 0.6 is 0 Å². The Morgan fingerprint density at radius 2 is 1.00 bits per heavy atom. The molecule has 0 fully saturated rings. The topological polar surface area (TPSA) is 38.7 Å². The van der Waals surface area contributed by atoms with Crippen LogP contribution in [0.25, 0.3) is 74.0 Å². The maximum atomic E-state index is 5.13. The Morgan fingerprint density at radius 3 is 1.85 bits per heavy atom. The fraction of sp³-hybridized carbons (Fsp3) is 0.0714. The summed E-state index contributed by atoms with van der Waals surface area (Å²) in [6.07, 6.45) is 0. The van der Waals surface area contributed by atoms with Gasteiger partial charge in [0.05, 0.1) is 0 Å². The van der Waals surface area contributed by atoms with Crippen LogP contribution < -0.4 is 0 Å². The molecule has 0 saturated carbocycles. The fourth-order valence-electron chi connectivity index (χ4n) is 6.94. The van der Waals surface area contributed by atoms with E-state index in [0.29, 0.717) is 17.5 Å². The van der Waals surface area contributed by atoms with Crippen LogP contribution in [-0.4, -0.2) is 35.4 Å². The van der Waals surface area contributed by atoms with Crippen molar-refractivity contribution in [1.82, 2.24) is 15.0 Å². The number of rotatable bonds is 4. The first-order chi connectivity index (χ1) is 22.5. The van der Waals surface area contributed by atoms with Gasteiger partial charge in [0, 0.05) is 5.41 Å². The average molecular weight is 703 g/mol. The van der Waals surface area contributed by atoms with Crippen LogP contribution in [0.15, 0.2) is 140 Å². The van der Waals surface area contributed by atoms with Crippen molar-refractivity contribution in [2.24, 2.45) is 0 Å². The second kappa shape index (κ2) is 10.6. The molecule has 1 aliphatic carbocycles. The van der Waals surface area contributed by atoms with E-state index in [-0.39, 0.29) is 25.8 Å². The molecule has 3 nitrogen and oxygen atoms in total. The van der Waals surface area contributed by atoms with Gasteiger partial charge in [-0.05, 0) is 16.7 Å². The van der Waals surface area contributed by atoms with Crippen LogP contribution in [0.4, 0.5) is 0 Å². The van der Waals surface area contributed by atoms with Crippen molar-refractivity contribution < 1.29 is 0 Å². The van der Waals surface area contributed by atoms with Crippen molar-refractivity contribution in [3.8, 4) is 56.4 Å². The van der Waals surface area contributed by atoms with E-state index in [4.69, 9.17) is 15.0 Å². The number of fused-ring (bicyclic) bond motifs is 6. The number of nitrogens with zero attached hydrogens (tertiary/aromatic N) is 3. The van der Waals surface area contributed by atoms with Crippen molar-refractivity contribution in [2.75, 3.05) is 0 Å². The molecule has 0 N–H and O–H groups in total. The standard InChI is InChI=1S/C42H29N3Te/c1-42(2)35-17-8-6-15-31(35)32-21-20-30(24-36(32)42)41-44-39(26-11-4-3-5-12-26)43-40(45-41)29-14-10-13-27(23-29)28-19-22-34-33-16-7-9-18-37(33)46-38(34)25-28/h3-25H,1-2H3. The van der Waals surface area contributed by atoms with Crippen LogP contribution in [0.3, 0.4) is 0 Å². The van der Waals surface area contributed by atoms with Crippen LogP contribution in [0.5, 0.6) is 0 Å². The van der Waals surface area contributed by atoms with E-state index in [1.54, 1.807) is 0 Å². The summed E-state index contributed by atoms with van der Waals surface area (Å²) in [5.74, 6) is 2.04. The van der Waals surface area contributed by atoms with E-state index in [0.717, 1.165) is 16.7 Å². The number of hydrogen-bond donors (Lipinski definition) is 0. The second-order valence-electron chi connectivity index (χ2n) is 12.5. The van der Waals surface area contributed by atoms with Gasteiger partial charge in [-0.2, -0.15) is 0 Å². The van der Waals surface area contributed by atoms with Gasteiger partial charge in [0.1, 0.15) is 0 Å². The molecule has 0 bridgehead atoms. The predicted molar refractivity (Wildman–Crippen MR) is 191 cm³/mol. The predicted octanol–water partition coefficient (Wildman–Crippen LogP) is 10.2.